The minimum absolute atomic E-state index is 0.112. The lowest BCUT2D eigenvalue weighted by molar-refractivity contribution is 0.812. The van der Waals surface area contributed by atoms with Crippen LogP contribution in [0.3, 0.4) is 0 Å². The van der Waals surface area contributed by atoms with Crippen molar-refractivity contribution in [2.75, 3.05) is 0 Å². The molecule has 0 fully saturated rings. The van der Waals surface area contributed by atoms with Crippen LogP contribution in [-0.2, 0) is 0 Å². The molecule has 9 aromatic carbocycles. The van der Waals surface area contributed by atoms with Crippen LogP contribution >= 0.6 is 11.8 Å². The van der Waals surface area contributed by atoms with Crippen molar-refractivity contribution in [1.29, 1.82) is 0 Å². The second kappa shape index (κ2) is 15.9. The van der Waals surface area contributed by atoms with Crippen LogP contribution < -0.4 is 16.4 Å². The lowest BCUT2D eigenvalue weighted by Gasteiger charge is -2.32. The maximum Gasteiger partial charge on any atom is 0.244 e. The lowest BCUT2D eigenvalue weighted by Crippen LogP contribution is -2.57. The minimum Gasteiger partial charge on any atom is -0.308 e. The molecule has 5 heteroatoms. The van der Waals surface area contributed by atoms with Crippen LogP contribution in [0.25, 0.3) is 82.5 Å². The molecule has 0 bridgehead atoms. The molecule has 0 aliphatic carbocycles. The van der Waals surface area contributed by atoms with E-state index < -0.39 is 0 Å². The molecule has 1 aliphatic heterocycles. The SMILES string of the molecule is Cc1ccc(-n2c3ccccc3c3c2c2c4ccccc4n(-c4ccc5c(c4)Sc4ccccc4B5c4c(C(C)C)cc(C(C)C)cc4C(C)C)c2c2c4ccccc4n(-c4ccccc4)c32)cc1. The normalized spacial score (nSPS) is 12.9. The Bertz CT molecular complexity index is 4000. The van der Waals surface area contributed by atoms with Crippen LogP contribution in [0.4, 0.5) is 0 Å². The second-order valence-corrected chi connectivity index (χ2v) is 21.4. The number of benzene rings is 9. The number of fused-ring (bicyclic) bond motifs is 14. The highest BCUT2D eigenvalue weighted by Gasteiger charge is 2.36. The van der Waals surface area contributed by atoms with Gasteiger partial charge in [0.25, 0.3) is 0 Å². The van der Waals surface area contributed by atoms with E-state index in [-0.39, 0.29) is 6.71 Å². The van der Waals surface area contributed by atoms with E-state index >= 15 is 0 Å². The minimum atomic E-state index is 0.112. The zero-order valence-corrected chi connectivity index (χ0v) is 41.2. The quantitative estimate of drug-likeness (QED) is 0.145. The first-order valence-corrected chi connectivity index (χ1v) is 25.6. The van der Waals surface area contributed by atoms with Gasteiger partial charge < -0.3 is 13.7 Å². The molecule has 0 unspecified atom stereocenters. The Morgan fingerprint density at radius 1 is 0.391 bits per heavy atom. The zero-order chi connectivity index (χ0) is 46.8. The van der Waals surface area contributed by atoms with Crippen molar-refractivity contribution in [3.05, 3.63) is 204 Å². The Kier molecular flexibility index (Phi) is 9.69. The predicted molar refractivity (Wildman–Crippen MR) is 298 cm³/mol. The Hall–Kier alpha value is -7.21. The standard InChI is InChI=1S/C64H54BN3S/c1-38(2)42-35-49(39(3)4)61(50(36-42)40(5)6)65-51-24-14-18-28-56(51)69-57-37-45(33-34-52(57)65)68-55-27-17-13-23-48(55)60-63-58(47-22-12-16-26-54(47)67(63)44-31-29-41(7)30-32-44)62-59(64(60)68)46-21-11-15-25-53(46)66(62)43-19-9-8-10-20-43/h8-40H,1-7H3. The maximum atomic E-state index is 2.61. The Balaban J connectivity index is 1.19. The van der Waals surface area contributed by atoms with Crippen molar-refractivity contribution in [2.45, 2.75) is 76.0 Å². The van der Waals surface area contributed by atoms with Crippen molar-refractivity contribution in [2.24, 2.45) is 0 Å². The molecule has 0 atom stereocenters. The largest absolute Gasteiger partial charge is 0.308 e. The molecule has 0 N–H and O–H groups in total. The van der Waals surface area contributed by atoms with Crippen LogP contribution in [0.15, 0.2) is 192 Å². The molecule has 1 aliphatic rings. The molecule has 0 radical (unpaired) electrons. The third-order valence-electron chi connectivity index (χ3n) is 15.1. The summed E-state index contributed by atoms with van der Waals surface area (Å²) in [7, 11) is 0. The highest BCUT2D eigenvalue weighted by molar-refractivity contribution is 8.00. The van der Waals surface area contributed by atoms with Gasteiger partial charge in [-0.15, -0.1) is 0 Å². The van der Waals surface area contributed by atoms with Crippen LogP contribution in [0.5, 0.6) is 0 Å². The molecule has 13 rings (SSSR count). The average molecular weight is 908 g/mol. The van der Waals surface area contributed by atoms with Crippen molar-refractivity contribution in [3.8, 4) is 17.1 Å². The first-order valence-electron chi connectivity index (χ1n) is 24.8. The summed E-state index contributed by atoms with van der Waals surface area (Å²) in [6.07, 6.45) is 0. The Labute approximate surface area is 409 Å². The van der Waals surface area contributed by atoms with E-state index in [1.807, 2.05) is 11.8 Å². The summed E-state index contributed by atoms with van der Waals surface area (Å²) in [5, 5.41) is 7.53. The van der Waals surface area contributed by atoms with Gasteiger partial charge in [-0.1, -0.05) is 197 Å². The van der Waals surface area contributed by atoms with E-state index in [0.717, 1.165) is 11.4 Å². The molecule has 0 amide bonds. The number of rotatable bonds is 7. The average Bonchev–Trinajstić information content (AvgIpc) is 4.02. The summed E-state index contributed by atoms with van der Waals surface area (Å²) in [6.45, 7) is 16.5. The van der Waals surface area contributed by atoms with Crippen LogP contribution in [-0.4, -0.2) is 20.4 Å². The maximum absolute atomic E-state index is 2.61. The summed E-state index contributed by atoms with van der Waals surface area (Å²) < 4.78 is 7.69. The van der Waals surface area contributed by atoms with Crippen LogP contribution in [0.2, 0.25) is 0 Å². The molecule has 334 valence electrons. The third-order valence-corrected chi connectivity index (χ3v) is 16.3. The summed E-state index contributed by atoms with van der Waals surface area (Å²) in [6, 6.07) is 69.0. The fraction of sp³-hybridized carbons (Fsp3) is 0.156. The summed E-state index contributed by atoms with van der Waals surface area (Å²) >= 11 is 1.93. The van der Waals surface area contributed by atoms with Crippen LogP contribution in [0, 0.1) is 6.92 Å². The van der Waals surface area contributed by atoms with Gasteiger partial charge in [0, 0.05) is 59.2 Å². The van der Waals surface area contributed by atoms with E-state index in [2.05, 4.69) is 244 Å². The van der Waals surface area contributed by atoms with Gasteiger partial charge in [0.1, 0.15) is 0 Å². The molecule has 4 heterocycles. The fourth-order valence-electron chi connectivity index (χ4n) is 12.0. The van der Waals surface area contributed by atoms with E-state index in [4.69, 9.17) is 0 Å². The van der Waals surface area contributed by atoms with Gasteiger partial charge in [-0.05, 0) is 102 Å². The molecule has 3 nitrogen and oxygen atoms in total. The van der Waals surface area contributed by atoms with Crippen molar-refractivity contribution < 1.29 is 0 Å². The number of aryl methyl sites for hydroxylation is 1. The fourth-order valence-corrected chi connectivity index (χ4v) is 13.1. The molecule has 12 aromatic rings. The van der Waals surface area contributed by atoms with E-state index in [9.17, 15) is 0 Å². The molecule has 3 aromatic heterocycles. The summed E-state index contributed by atoms with van der Waals surface area (Å²) in [5.41, 5.74) is 20.7. The van der Waals surface area contributed by atoms with Gasteiger partial charge in [-0.25, -0.2) is 0 Å². The molecule has 0 saturated heterocycles. The third kappa shape index (κ3) is 6.22. The monoisotopic (exact) mass is 907 g/mol. The van der Waals surface area contributed by atoms with Crippen molar-refractivity contribution >= 4 is 100 Å². The van der Waals surface area contributed by atoms with Gasteiger partial charge in [0.15, 0.2) is 0 Å². The van der Waals surface area contributed by atoms with E-state index in [0.29, 0.717) is 17.8 Å². The molecule has 0 saturated carbocycles. The second-order valence-electron chi connectivity index (χ2n) is 20.3. The summed E-state index contributed by atoms with van der Waals surface area (Å²) in [4.78, 5) is 2.65. The molecule has 0 spiro atoms. The number of para-hydroxylation sites is 4. The smallest absolute Gasteiger partial charge is 0.244 e. The van der Waals surface area contributed by atoms with Gasteiger partial charge >= 0.3 is 0 Å². The first-order chi connectivity index (χ1) is 33.7. The van der Waals surface area contributed by atoms with Crippen molar-refractivity contribution in [1.82, 2.24) is 13.7 Å². The first kappa shape index (κ1) is 41.9. The highest BCUT2D eigenvalue weighted by atomic mass is 32.2. The van der Waals surface area contributed by atoms with Gasteiger partial charge in [0.2, 0.25) is 6.71 Å². The van der Waals surface area contributed by atoms with Crippen molar-refractivity contribution in [3.63, 3.8) is 0 Å². The van der Waals surface area contributed by atoms with Gasteiger partial charge in [0.05, 0.1) is 33.1 Å². The topological polar surface area (TPSA) is 14.8 Å². The Morgan fingerprint density at radius 3 is 1.35 bits per heavy atom. The number of hydrogen-bond acceptors (Lipinski definition) is 1. The Morgan fingerprint density at radius 2 is 0.826 bits per heavy atom. The molecular weight excluding hydrogens is 854 g/mol. The van der Waals surface area contributed by atoms with E-state index in [1.54, 1.807) is 0 Å². The summed E-state index contributed by atoms with van der Waals surface area (Å²) in [5.74, 6) is 1.22. The molecular formula is C64H54BN3S. The zero-order valence-electron chi connectivity index (χ0n) is 40.4. The van der Waals surface area contributed by atoms with Crippen LogP contribution in [0.1, 0.15) is 81.5 Å². The number of aromatic nitrogens is 3. The lowest BCUT2D eigenvalue weighted by atomic mass is 9.34. The highest BCUT2D eigenvalue weighted by Crippen LogP contribution is 2.50. The van der Waals surface area contributed by atoms with Gasteiger partial charge in [-0.2, -0.15) is 0 Å². The number of nitrogens with zero attached hydrogens (tertiary/aromatic N) is 3. The van der Waals surface area contributed by atoms with E-state index in [1.165, 1.54) is 120 Å². The predicted octanol–water partition coefficient (Wildman–Crippen LogP) is 15.6. The molecule has 69 heavy (non-hydrogen) atoms. The number of hydrogen-bond donors (Lipinski definition) is 0. The van der Waals surface area contributed by atoms with Gasteiger partial charge in [-0.3, -0.25) is 0 Å².